The first-order valence-corrected chi connectivity index (χ1v) is 5.33. The molecule has 0 spiro atoms. The van der Waals surface area contributed by atoms with Crippen LogP contribution in [0.2, 0.25) is 0 Å². The summed E-state index contributed by atoms with van der Waals surface area (Å²) in [4.78, 5) is 4.65. The fourth-order valence-corrected chi connectivity index (χ4v) is 1.69. The van der Waals surface area contributed by atoms with Crippen molar-refractivity contribution in [1.29, 1.82) is 0 Å². The van der Waals surface area contributed by atoms with Gasteiger partial charge in [0.05, 0.1) is 6.61 Å². The first-order valence-electron chi connectivity index (χ1n) is 5.33. The van der Waals surface area contributed by atoms with Crippen LogP contribution in [0.1, 0.15) is 55.5 Å². The van der Waals surface area contributed by atoms with Crippen molar-refractivity contribution < 1.29 is 5.11 Å². The van der Waals surface area contributed by atoms with Crippen LogP contribution in [0.25, 0.3) is 0 Å². The van der Waals surface area contributed by atoms with Gasteiger partial charge in [0.15, 0.2) is 0 Å². The Morgan fingerprint density at radius 3 is 2.64 bits per heavy atom. The van der Waals surface area contributed by atoms with Gasteiger partial charge in [-0.25, -0.2) is 0 Å². The number of nitrogens with zero attached hydrogens (tertiary/aromatic N) is 1. The predicted molar refractivity (Wildman–Crippen MR) is 56.2 cm³/mol. The van der Waals surface area contributed by atoms with Gasteiger partial charge < -0.3 is 5.11 Å². The maximum absolute atomic E-state index is 9.18. The number of pyridine rings is 1. The van der Waals surface area contributed by atoms with Gasteiger partial charge in [-0.05, 0) is 30.4 Å². The van der Waals surface area contributed by atoms with Crippen molar-refractivity contribution >= 4 is 0 Å². The molecule has 0 aliphatic heterocycles. The molecule has 1 fully saturated rings. The van der Waals surface area contributed by atoms with E-state index < -0.39 is 0 Å². The highest BCUT2D eigenvalue weighted by atomic mass is 16.3. The molecule has 2 nitrogen and oxygen atoms in total. The Morgan fingerprint density at radius 2 is 2.14 bits per heavy atom. The molecule has 1 aromatic heterocycles. The molecule has 1 heterocycles. The maximum Gasteiger partial charge on any atom is 0.0699 e. The SMILES string of the molecule is CC(C)c1ccc(CO)c(C2CC2)n1. The molecule has 0 saturated heterocycles. The van der Waals surface area contributed by atoms with E-state index in [0.717, 1.165) is 17.0 Å². The van der Waals surface area contributed by atoms with Gasteiger partial charge in [-0.3, -0.25) is 4.98 Å². The molecule has 14 heavy (non-hydrogen) atoms. The largest absolute Gasteiger partial charge is 0.392 e. The van der Waals surface area contributed by atoms with Crippen LogP contribution in [0.4, 0.5) is 0 Å². The average molecular weight is 191 g/mol. The van der Waals surface area contributed by atoms with Crippen LogP contribution in [-0.4, -0.2) is 10.1 Å². The lowest BCUT2D eigenvalue weighted by Crippen LogP contribution is -2.01. The Morgan fingerprint density at radius 1 is 1.43 bits per heavy atom. The quantitative estimate of drug-likeness (QED) is 0.796. The average Bonchev–Trinajstić information content (AvgIpc) is 3.00. The van der Waals surface area contributed by atoms with Crippen LogP contribution in [0, 0.1) is 0 Å². The number of rotatable bonds is 3. The van der Waals surface area contributed by atoms with E-state index in [0.29, 0.717) is 11.8 Å². The van der Waals surface area contributed by atoms with E-state index in [2.05, 4.69) is 18.8 Å². The summed E-state index contributed by atoms with van der Waals surface area (Å²) in [6.07, 6.45) is 2.48. The summed E-state index contributed by atoms with van der Waals surface area (Å²) < 4.78 is 0. The Bertz CT molecular complexity index is 329. The molecule has 0 radical (unpaired) electrons. The van der Waals surface area contributed by atoms with Gasteiger partial charge in [0.1, 0.15) is 0 Å². The van der Waals surface area contributed by atoms with E-state index in [9.17, 15) is 5.11 Å². The van der Waals surface area contributed by atoms with Crippen molar-refractivity contribution in [2.45, 2.75) is 45.1 Å². The van der Waals surface area contributed by atoms with Gasteiger partial charge in [0.2, 0.25) is 0 Å². The fourth-order valence-electron chi connectivity index (χ4n) is 1.69. The normalized spacial score (nSPS) is 16.3. The van der Waals surface area contributed by atoms with Crippen molar-refractivity contribution in [1.82, 2.24) is 4.98 Å². The van der Waals surface area contributed by atoms with Crippen LogP contribution in [0.3, 0.4) is 0 Å². The highest BCUT2D eigenvalue weighted by Gasteiger charge is 2.27. The van der Waals surface area contributed by atoms with Gasteiger partial charge in [-0.1, -0.05) is 19.9 Å². The molecule has 0 aromatic carbocycles. The van der Waals surface area contributed by atoms with Gasteiger partial charge in [-0.2, -0.15) is 0 Å². The molecule has 0 bridgehead atoms. The van der Waals surface area contributed by atoms with E-state index in [1.165, 1.54) is 12.8 Å². The van der Waals surface area contributed by atoms with Crippen molar-refractivity contribution in [3.8, 4) is 0 Å². The molecule has 1 aliphatic carbocycles. The summed E-state index contributed by atoms with van der Waals surface area (Å²) >= 11 is 0. The summed E-state index contributed by atoms with van der Waals surface area (Å²) in [7, 11) is 0. The second kappa shape index (κ2) is 3.70. The molecule has 1 N–H and O–H groups in total. The molecule has 1 aromatic rings. The molecule has 2 heteroatoms. The van der Waals surface area contributed by atoms with Crippen LogP contribution < -0.4 is 0 Å². The van der Waals surface area contributed by atoms with Crippen LogP contribution >= 0.6 is 0 Å². The molecular formula is C12H17NO. The molecular weight excluding hydrogens is 174 g/mol. The van der Waals surface area contributed by atoms with E-state index in [-0.39, 0.29) is 6.61 Å². The van der Waals surface area contributed by atoms with Crippen molar-refractivity contribution in [3.05, 3.63) is 29.1 Å². The second-order valence-electron chi connectivity index (χ2n) is 4.37. The van der Waals surface area contributed by atoms with E-state index in [1.54, 1.807) is 0 Å². The van der Waals surface area contributed by atoms with Crippen LogP contribution in [0.5, 0.6) is 0 Å². The monoisotopic (exact) mass is 191 g/mol. The third-order valence-corrected chi connectivity index (χ3v) is 2.76. The third kappa shape index (κ3) is 1.80. The van der Waals surface area contributed by atoms with E-state index in [4.69, 9.17) is 0 Å². The van der Waals surface area contributed by atoms with Gasteiger partial charge in [-0.15, -0.1) is 0 Å². The molecule has 0 amide bonds. The molecule has 76 valence electrons. The van der Waals surface area contributed by atoms with E-state index in [1.807, 2.05) is 12.1 Å². The van der Waals surface area contributed by atoms with Gasteiger partial charge >= 0.3 is 0 Å². The lowest BCUT2D eigenvalue weighted by atomic mass is 10.1. The Balaban J connectivity index is 2.36. The van der Waals surface area contributed by atoms with Crippen molar-refractivity contribution in [3.63, 3.8) is 0 Å². The Hall–Kier alpha value is -0.890. The first-order chi connectivity index (χ1) is 6.72. The second-order valence-corrected chi connectivity index (χ2v) is 4.37. The highest BCUT2D eigenvalue weighted by molar-refractivity contribution is 5.29. The molecule has 1 aliphatic rings. The zero-order valence-electron chi connectivity index (χ0n) is 8.83. The smallest absolute Gasteiger partial charge is 0.0699 e. The van der Waals surface area contributed by atoms with E-state index >= 15 is 0 Å². The minimum atomic E-state index is 0.122. The highest BCUT2D eigenvalue weighted by Crippen LogP contribution is 2.41. The standard InChI is InChI=1S/C12H17NO/c1-8(2)11-6-5-10(7-14)12(13-11)9-3-4-9/h5-6,8-9,14H,3-4,7H2,1-2H3. The zero-order chi connectivity index (χ0) is 10.1. The fraction of sp³-hybridized carbons (Fsp3) is 0.583. The minimum absolute atomic E-state index is 0.122. The third-order valence-electron chi connectivity index (χ3n) is 2.76. The molecule has 0 unspecified atom stereocenters. The number of hydrogen-bond acceptors (Lipinski definition) is 2. The van der Waals surface area contributed by atoms with Gasteiger partial charge in [0, 0.05) is 17.3 Å². The predicted octanol–water partition coefficient (Wildman–Crippen LogP) is 2.57. The number of aromatic nitrogens is 1. The summed E-state index contributed by atoms with van der Waals surface area (Å²) in [5, 5.41) is 9.18. The van der Waals surface area contributed by atoms with Crippen molar-refractivity contribution in [2.24, 2.45) is 0 Å². The molecule has 0 atom stereocenters. The molecule has 2 rings (SSSR count). The van der Waals surface area contributed by atoms with Crippen LogP contribution in [0.15, 0.2) is 12.1 Å². The topological polar surface area (TPSA) is 33.1 Å². The van der Waals surface area contributed by atoms with Gasteiger partial charge in [0.25, 0.3) is 0 Å². The van der Waals surface area contributed by atoms with Crippen molar-refractivity contribution in [2.75, 3.05) is 0 Å². The number of hydrogen-bond donors (Lipinski definition) is 1. The summed E-state index contributed by atoms with van der Waals surface area (Å²) in [5.74, 6) is 1.09. The lowest BCUT2D eigenvalue weighted by molar-refractivity contribution is 0.280. The lowest BCUT2D eigenvalue weighted by Gasteiger charge is -2.10. The summed E-state index contributed by atoms with van der Waals surface area (Å²) in [6, 6.07) is 4.05. The molecule has 1 saturated carbocycles. The summed E-state index contributed by atoms with van der Waals surface area (Å²) in [6.45, 7) is 4.42. The summed E-state index contributed by atoms with van der Waals surface area (Å²) in [5.41, 5.74) is 3.29. The zero-order valence-corrected chi connectivity index (χ0v) is 8.83. The maximum atomic E-state index is 9.18. The number of aliphatic hydroxyl groups is 1. The van der Waals surface area contributed by atoms with Crippen LogP contribution in [-0.2, 0) is 6.61 Å². The number of aliphatic hydroxyl groups excluding tert-OH is 1. The minimum Gasteiger partial charge on any atom is -0.392 e. The Labute approximate surface area is 85.0 Å². The first kappa shape index (κ1) is 9.66. The Kier molecular flexibility index (Phi) is 2.55.